The Kier molecular flexibility index (Phi) is 4.33. The van der Waals surface area contributed by atoms with Crippen molar-refractivity contribution in [3.63, 3.8) is 0 Å². The van der Waals surface area contributed by atoms with Crippen LogP contribution < -0.4 is 11.2 Å². The maximum Gasteiger partial charge on any atom is 0.354 e. The molecule has 1 rings (SSSR count). The highest BCUT2D eigenvalue weighted by molar-refractivity contribution is 5.87. The molecule has 0 saturated carbocycles. The van der Waals surface area contributed by atoms with E-state index in [9.17, 15) is 18.4 Å². The number of nitrogens with one attached hydrogen (secondary N) is 1. The van der Waals surface area contributed by atoms with E-state index in [0.717, 1.165) is 6.07 Å². The number of pyridine rings is 1. The number of hydrogen-bond acceptors (Lipinski definition) is 4. The third-order valence-corrected chi connectivity index (χ3v) is 2.07. The molecule has 0 radical (unpaired) electrons. The summed E-state index contributed by atoms with van der Waals surface area (Å²) in [7, 11) is 0. The fourth-order valence-electron chi connectivity index (χ4n) is 1.34. The quantitative estimate of drug-likeness (QED) is 0.774. The molecule has 0 amide bonds. The molecule has 1 aromatic rings. The van der Waals surface area contributed by atoms with Gasteiger partial charge in [-0.05, 0) is 6.92 Å². The average molecular weight is 246 g/mol. The molecule has 17 heavy (non-hydrogen) atoms. The van der Waals surface area contributed by atoms with Crippen LogP contribution >= 0.6 is 0 Å². The lowest BCUT2D eigenvalue weighted by Crippen LogP contribution is -2.21. The molecule has 0 bridgehead atoms. The van der Waals surface area contributed by atoms with Crippen molar-refractivity contribution in [3.05, 3.63) is 33.2 Å². The Balaban J connectivity index is 3.27. The number of carbonyl (C=O) groups excluding carboxylic acids is 1. The van der Waals surface area contributed by atoms with Crippen LogP contribution in [0.5, 0.6) is 0 Å². The molecule has 94 valence electrons. The van der Waals surface area contributed by atoms with Crippen LogP contribution in [0.2, 0.25) is 0 Å². The SMILES string of the molecule is CCOC(=O)c1cc(=O)c(C(F)F)c(CN)[nH]1. The third-order valence-electron chi connectivity index (χ3n) is 2.07. The van der Waals surface area contributed by atoms with E-state index in [1.54, 1.807) is 6.92 Å². The molecular formula is C10H12F2N2O3. The lowest BCUT2D eigenvalue weighted by molar-refractivity contribution is 0.0518. The zero-order valence-electron chi connectivity index (χ0n) is 9.13. The number of aromatic nitrogens is 1. The topological polar surface area (TPSA) is 85.2 Å². The number of ether oxygens (including phenoxy) is 1. The Hall–Kier alpha value is -1.76. The minimum absolute atomic E-state index is 0.120. The number of nitrogens with two attached hydrogens (primary N) is 1. The van der Waals surface area contributed by atoms with Crippen molar-refractivity contribution in [3.8, 4) is 0 Å². The monoisotopic (exact) mass is 246 g/mol. The van der Waals surface area contributed by atoms with E-state index in [0.29, 0.717) is 0 Å². The van der Waals surface area contributed by atoms with Gasteiger partial charge in [0.1, 0.15) is 5.69 Å². The summed E-state index contributed by atoms with van der Waals surface area (Å²) in [6, 6.07) is 0.790. The highest BCUT2D eigenvalue weighted by Crippen LogP contribution is 2.18. The molecule has 0 atom stereocenters. The maximum atomic E-state index is 12.6. The van der Waals surface area contributed by atoms with E-state index in [4.69, 9.17) is 5.73 Å². The number of halogens is 2. The number of aromatic amines is 1. The number of alkyl halides is 2. The Bertz CT molecular complexity index is 471. The molecule has 1 aromatic heterocycles. The van der Waals surface area contributed by atoms with Crippen LogP contribution in [0.25, 0.3) is 0 Å². The van der Waals surface area contributed by atoms with Gasteiger partial charge in [-0.3, -0.25) is 4.79 Å². The molecule has 3 N–H and O–H groups in total. The van der Waals surface area contributed by atoms with Crippen molar-refractivity contribution in [2.24, 2.45) is 5.73 Å². The molecule has 0 saturated heterocycles. The fraction of sp³-hybridized carbons (Fsp3) is 0.400. The van der Waals surface area contributed by atoms with Gasteiger partial charge in [-0.15, -0.1) is 0 Å². The number of carbonyl (C=O) groups is 1. The van der Waals surface area contributed by atoms with Gasteiger partial charge in [0.2, 0.25) is 0 Å². The van der Waals surface area contributed by atoms with Crippen molar-refractivity contribution >= 4 is 5.97 Å². The Morgan fingerprint density at radius 3 is 2.71 bits per heavy atom. The lowest BCUT2D eigenvalue weighted by Gasteiger charge is -2.08. The van der Waals surface area contributed by atoms with E-state index >= 15 is 0 Å². The minimum Gasteiger partial charge on any atom is -0.461 e. The third kappa shape index (κ3) is 2.88. The molecule has 5 nitrogen and oxygen atoms in total. The first-order valence-corrected chi connectivity index (χ1v) is 4.92. The largest absolute Gasteiger partial charge is 0.461 e. The van der Waals surface area contributed by atoms with Gasteiger partial charge in [0.25, 0.3) is 6.43 Å². The number of rotatable bonds is 4. The Morgan fingerprint density at radius 1 is 1.59 bits per heavy atom. The van der Waals surface area contributed by atoms with E-state index < -0.39 is 23.4 Å². The van der Waals surface area contributed by atoms with Crippen LogP contribution in [0.15, 0.2) is 10.9 Å². The minimum atomic E-state index is -2.94. The summed E-state index contributed by atoms with van der Waals surface area (Å²) in [5.41, 5.74) is 3.27. The van der Waals surface area contributed by atoms with Crippen LogP contribution in [0.3, 0.4) is 0 Å². The highest BCUT2D eigenvalue weighted by atomic mass is 19.3. The zero-order chi connectivity index (χ0) is 13.0. The van der Waals surface area contributed by atoms with Gasteiger partial charge in [-0.1, -0.05) is 0 Å². The first-order valence-electron chi connectivity index (χ1n) is 4.92. The van der Waals surface area contributed by atoms with Crippen LogP contribution in [-0.2, 0) is 11.3 Å². The average Bonchev–Trinajstić information content (AvgIpc) is 2.27. The summed E-state index contributed by atoms with van der Waals surface area (Å²) in [4.78, 5) is 25.1. The van der Waals surface area contributed by atoms with E-state index in [1.165, 1.54) is 0 Å². The molecule has 0 aliphatic rings. The van der Waals surface area contributed by atoms with Gasteiger partial charge < -0.3 is 15.5 Å². The Morgan fingerprint density at radius 2 is 2.24 bits per heavy atom. The van der Waals surface area contributed by atoms with Crippen molar-refractivity contribution in [2.75, 3.05) is 6.61 Å². The molecule has 0 aromatic carbocycles. The molecule has 1 heterocycles. The molecule has 0 aliphatic heterocycles. The summed E-state index contributed by atoms with van der Waals surface area (Å²) in [6.07, 6.45) is -2.94. The number of hydrogen-bond donors (Lipinski definition) is 2. The number of esters is 1. The van der Waals surface area contributed by atoms with Crippen LogP contribution in [0, 0.1) is 0 Å². The van der Waals surface area contributed by atoms with Crippen LogP contribution in [0.1, 0.15) is 35.1 Å². The van der Waals surface area contributed by atoms with Gasteiger partial charge in [0.05, 0.1) is 12.2 Å². The second-order valence-corrected chi connectivity index (χ2v) is 3.16. The van der Waals surface area contributed by atoms with Gasteiger partial charge in [0, 0.05) is 18.3 Å². The van der Waals surface area contributed by atoms with Crippen molar-refractivity contribution < 1.29 is 18.3 Å². The first-order chi connectivity index (χ1) is 8.01. The molecule has 0 fully saturated rings. The van der Waals surface area contributed by atoms with Gasteiger partial charge in [-0.2, -0.15) is 0 Å². The van der Waals surface area contributed by atoms with Crippen LogP contribution in [-0.4, -0.2) is 17.6 Å². The molecular weight excluding hydrogens is 234 g/mol. The second-order valence-electron chi connectivity index (χ2n) is 3.16. The molecule has 0 spiro atoms. The highest BCUT2D eigenvalue weighted by Gasteiger charge is 2.20. The zero-order valence-corrected chi connectivity index (χ0v) is 9.13. The summed E-state index contributed by atoms with van der Waals surface area (Å²) < 4.78 is 29.8. The van der Waals surface area contributed by atoms with Gasteiger partial charge >= 0.3 is 5.97 Å². The van der Waals surface area contributed by atoms with Crippen molar-refractivity contribution in [2.45, 2.75) is 19.9 Å². The normalized spacial score (nSPS) is 10.6. The molecule has 7 heteroatoms. The molecule has 0 unspecified atom stereocenters. The first kappa shape index (κ1) is 13.3. The smallest absolute Gasteiger partial charge is 0.354 e. The fourth-order valence-corrected chi connectivity index (χ4v) is 1.34. The second kappa shape index (κ2) is 5.53. The van der Waals surface area contributed by atoms with Gasteiger partial charge in [-0.25, -0.2) is 13.6 Å². The summed E-state index contributed by atoms with van der Waals surface area (Å²) in [6.45, 7) is 1.42. The summed E-state index contributed by atoms with van der Waals surface area (Å²) in [5, 5.41) is 0. The standard InChI is InChI=1S/C10H12F2N2O3/c1-2-17-10(16)5-3-7(15)8(9(11)12)6(4-13)14-5/h3,9H,2,4,13H2,1H3,(H,14,15). The van der Waals surface area contributed by atoms with Crippen LogP contribution in [0.4, 0.5) is 8.78 Å². The van der Waals surface area contributed by atoms with Crippen molar-refractivity contribution in [1.29, 1.82) is 0 Å². The molecule has 0 aliphatic carbocycles. The van der Waals surface area contributed by atoms with Crippen molar-refractivity contribution in [1.82, 2.24) is 4.98 Å². The summed E-state index contributed by atoms with van der Waals surface area (Å²) in [5.74, 6) is -0.778. The predicted molar refractivity (Wildman–Crippen MR) is 55.9 cm³/mol. The predicted octanol–water partition coefficient (Wildman–Crippen LogP) is 0.948. The number of H-pyrrole nitrogens is 1. The van der Waals surface area contributed by atoms with E-state index in [1.807, 2.05) is 0 Å². The summed E-state index contributed by atoms with van der Waals surface area (Å²) >= 11 is 0. The Labute approximate surface area is 95.6 Å². The lowest BCUT2D eigenvalue weighted by atomic mass is 10.1. The van der Waals surface area contributed by atoms with E-state index in [-0.39, 0.29) is 24.5 Å². The van der Waals surface area contributed by atoms with E-state index in [2.05, 4.69) is 9.72 Å². The van der Waals surface area contributed by atoms with Gasteiger partial charge in [0.15, 0.2) is 5.43 Å². The maximum absolute atomic E-state index is 12.6.